The van der Waals surface area contributed by atoms with Crippen LogP contribution in [0.15, 0.2) is 65.2 Å². The number of sulfonamides is 1. The van der Waals surface area contributed by atoms with Gasteiger partial charge in [0.2, 0.25) is 21.6 Å². The lowest BCUT2D eigenvalue weighted by Crippen LogP contribution is -2.44. The number of ether oxygens (including phenoxy) is 1. The fourth-order valence-electron chi connectivity index (χ4n) is 3.71. The number of carbonyl (C=O) groups is 2. The molecule has 1 aliphatic carbocycles. The topological polar surface area (TPSA) is 92.8 Å². The summed E-state index contributed by atoms with van der Waals surface area (Å²) in [5, 5.41) is 0. The second-order valence-electron chi connectivity index (χ2n) is 7.11. The highest BCUT2D eigenvalue weighted by molar-refractivity contribution is 7.94. The van der Waals surface area contributed by atoms with Crippen LogP contribution in [0.1, 0.15) is 26.3 Å². The largest absolute Gasteiger partial charge is 0.378 e. The Morgan fingerprint density at radius 1 is 0.867 bits per heavy atom. The number of fused-ring (bicyclic) bond motifs is 1. The van der Waals surface area contributed by atoms with Crippen molar-refractivity contribution < 1.29 is 22.7 Å². The molecule has 1 aliphatic heterocycles. The van der Waals surface area contributed by atoms with E-state index in [9.17, 15) is 18.0 Å². The molecule has 30 heavy (non-hydrogen) atoms. The van der Waals surface area contributed by atoms with Crippen LogP contribution in [0.2, 0.25) is 0 Å². The highest BCUT2D eigenvalue weighted by Crippen LogP contribution is 2.31. The first-order valence-corrected chi connectivity index (χ1v) is 11.3. The molecule has 2 aromatic rings. The average Bonchev–Trinajstić information content (AvgIpc) is 2.77. The van der Waals surface area contributed by atoms with Gasteiger partial charge >= 0.3 is 0 Å². The average molecular weight is 426 g/mol. The Kier molecular flexibility index (Phi) is 5.80. The summed E-state index contributed by atoms with van der Waals surface area (Å²) >= 11 is 0. The summed E-state index contributed by atoms with van der Waals surface area (Å²) in [6.45, 7) is 1.54. The van der Waals surface area contributed by atoms with Gasteiger partial charge in [-0.25, -0.2) is 13.1 Å². The van der Waals surface area contributed by atoms with Crippen molar-refractivity contribution in [2.45, 2.75) is 6.42 Å². The molecule has 0 unspecified atom stereocenters. The van der Waals surface area contributed by atoms with E-state index in [1.54, 1.807) is 23.1 Å². The van der Waals surface area contributed by atoms with E-state index < -0.39 is 26.5 Å². The van der Waals surface area contributed by atoms with Crippen LogP contribution >= 0.6 is 0 Å². The number of benzene rings is 2. The van der Waals surface area contributed by atoms with Gasteiger partial charge < -0.3 is 9.64 Å². The maximum absolute atomic E-state index is 13.2. The number of hydrogen-bond donors (Lipinski definition) is 1. The Morgan fingerprint density at radius 3 is 2.13 bits per heavy atom. The number of hydrogen-bond acceptors (Lipinski definition) is 6. The third-order valence-corrected chi connectivity index (χ3v) is 6.70. The number of nitrogens with one attached hydrogen (secondary N) is 1. The second-order valence-corrected chi connectivity index (χ2v) is 8.82. The molecule has 0 bridgehead atoms. The SMILES string of the molecule is O=C1C(N2CCOCC2)=C(S(=O)(=O)NCCc2ccccc2)C(=O)c2ccccc21. The number of nitrogens with zero attached hydrogens (tertiary/aromatic N) is 1. The molecule has 1 heterocycles. The monoisotopic (exact) mass is 426 g/mol. The van der Waals surface area contributed by atoms with Gasteiger partial charge in [0.1, 0.15) is 5.70 Å². The molecule has 0 atom stereocenters. The zero-order chi connectivity index (χ0) is 21.1. The molecule has 1 saturated heterocycles. The molecule has 1 fully saturated rings. The molecule has 0 radical (unpaired) electrons. The van der Waals surface area contributed by atoms with E-state index >= 15 is 0 Å². The molecule has 1 N–H and O–H groups in total. The van der Waals surface area contributed by atoms with E-state index in [4.69, 9.17) is 4.74 Å². The van der Waals surface area contributed by atoms with Crippen LogP contribution in [0.4, 0.5) is 0 Å². The van der Waals surface area contributed by atoms with Gasteiger partial charge in [-0.3, -0.25) is 9.59 Å². The lowest BCUT2D eigenvalue weighted by Gasteiger charge is -2.33. The standard InChI is InChI=1S/C22H22N2O5S/c25-20-17-8-4-5-9-18(17)21(26)22(19(20)24-12-14-29-15-13-24)30(27,28)23-11-10-16-6-2-1-3-7-16/h1-9,23H,10-15H2. The molecule has 4 rings (SSSR count). The maximum atomic E-state index is 13.2. The lowest BCUT2D eigenvalue weighted by molar-refractivity contribution is 0.0499. The van der Waals surface area contributed by atoms with Gasteiger partial charge in [0.15, 0.2) is 4.91 Å². The summed E-state index contributed by atoms with van der Waals surface area (Å²) in [7, 11) is -4.20. The van der Waals surface area contributed by atoms with E-state index in [-0.39, 0.29) is 23.4 Å². The van der Waals surface area contributed by atoms with Gasteiger partial charge in [0.05, 0.1) is 13.2 Å². The number of carbonyl (C=O) groups excluding carboxylic acids is 2. The van der Waals surface area contributed by atoms with Gasteiger partial charge in [-0.2, -0.15) is 0 Å². The van der Waals surface area contributed by atoms with Crippen LogP contribution in [0.5, 0.6) is 0 Å². The smallest absolute Gasteiger partial charge is 0.246 e. The fraction of sp³-hybridized carbons (Fsp3) is 0.273. The molecule has 0 aromatic heterocycles. The van der Waals surface area contributed by atoms with Gasteiger partial charge in [0, 0.05) is 30.8 Å². The zero-order valence-electron chi connectivity index (χ0n) is 16.3. The molecule has 2 aliphatic rings. The van der Waals surface area contributed by atoms with Crippen molar-refractivity contribution in [3.05, 3.63) is 81.9 Å². The Bertz CT molecular complexity index is 1100. The Morgan fingerprint density at radius 2 is 1.47 bits per heavy atom. The van der Waals surface area contributed by atoms with Crippen LogP contribution in [0.25, 0.3) is 0 Å². The molecule has 156 valence electrons. The minimum atomic E-state index is -4.20. The van der Waals surface area contributed by atoms with Crippen LogP contribution < -0.4 is 4.72 Å². The predicted octanol–water partition coefficient (Wildman–Crippen LogP) is 1.77. The molecule has 0 saturated carbocycles. The van der Waals surface area contributed by atoms with Crippen molar-refractivity contribution >= 4 is 21.6 Å². The molecule has 2 aromatic carbocycles. The number of ketones is 2. The van der Waals surface area contributed by atoms with Gasteiger partial charge in [-0.05, 0) is 12.0 Å². The minimum absolute atomic E-state index is 0.0609. The first-order chi connectivity index (χ1) is 14.5. The number of rotatable bonds is 6. The van der Waals surface area contributed by atoms with Crippen molar-refractivity contribution in [2.75, 3.05) is 32.8 Å². The lowest BCUT2D eigenvalue weighted by atomic mass is 9.91. The van der Waals surface area contributed by atoms with Crippen LogP contribution in [0, 0.1) is 0 Å². The highest BCUT2D eigenvalue weighted by Gasteiger charge is 2.41. The Balaban J connectivity index is 1.70. The number of Topliss-reactive ketones (excluding diaryl/α,β-unsaturated/α-hetero) is 2. The second kappa shape index (κ2) is 8.51. The summed E-state index contributed by atoms with van der Waals surface area (Å²) in [6, 6.07) is 15.8. The van der Waals surface area contributed by atoms with E-state index in [0.717, 1.165) is 5.56 Å². The summed E-state index contributed by atoms with van der Waals surface area (Å²) < 4.78 is 34.2. The van der Waals surface area contributed by atoms with Gasteiger partial charge in [-0.1, -0.05) is 54.6 Å². The maximum Gasteiger partial charge on any atom is 0.246 e. The van der Waals surface area contributed by atoms with E-state index in [2.05, 4.69) is 4.72 Å². The fourth-order valence-corrected chi connectivity index (χ4v) is 5.06. The summed E-state index contributed by atoms with van der Waals surface area (Å²) in [6.07, 6.45) is 0.471. The summed E-state index contributed by atoms with van der Waals surface area (Å²) in [5.41, 5.74) is 1.25. The molecule has 7 nitrogen and oxygen atoms in total. The number of allylic oxidation sites excluding steroid dienone is 2. The first kappa shape index (κ1) is 20.5. The van der Waals surface area contributed by atoms with E-state index in [1.165, 1.54) is 6.07 Å². The molecular weight excluding hydrogens is 404 g/mol. The van der Waals surface area contributed by atoms with Crippen LogP contribution in [0.3, 0.4) is 0 Å². The van der Waals surface area contributed by atoms with E-state index in [0.29, 0.717) is 32.7 Å². The van der Waals surface area contributed by atoms with Crippen molar-refractivity contribution in [2.24, 2.45) is 0 Å². The number of morpholine rings is 1. The quantitative estimate of drug-likeness (QED) is 0.757. The van der Waals surface area contributed by atoms with Crippen LogP contribution in [-0.2, 0) is 21.2 Å². The van der Waals surface area contributed by atoms with Crippen molar-refractivity contribution in [3.63, 3.8) is 0 Å². The first-order valence-electron chi connectivity index (χ1n) is 9.78. The van der Waals surface area contributed by atoms with E-state index in [1.807, 2.05) is 30.3 Å². The van der Waals surface area contributed by atoms with Crippen molar-refractivity contribution in [1.82, 2.24) is 9.62 Å². The highest BCUT2D eigenvalue weighted by atomic mass is 32.2. The zero-order valence-corrected chi connectivity index (χ0v) is 17.2. The third-order valence-electron chi connectivity index (χ3n) is 5.20. The normalized spacial score (nSPS) is 17.3. The van der Waals surface area contributed by atoms with Crippen molar-refractivity contribution in [1.29, 1.82) is 0 Å². The Labute approximate surface area is 175 Å². The Hall–Kier alpha value is -2.81. The molecular formula is C22H22N2O5S. The van der Waals surface area contributed by atoms with Gasteiger partial charge in [-0.15, -0.1) is 0 Å². The minimum Gasteiger partial charge on any atom is -0.378 e. The molecule has 8 heteroatoms. The molecule has 0 amide bonds. The summed E-state index contributed by atoms with van der Waals surface area (Å²) in [4.78, 5) is 27.6. The molecule has 0 spiro atoms. The van der Waals surface area contributed by atoms with Gasteiger partial charge in [0.25, 0.3) is 0 Å². The predicted molar refractivity (Wildman–Crippen MR) is 112 cm³/mol. The third kappa shape index (κ3) is 3.94. The van der Waals surface area contributed by atoms with Crippen LogP contribution in [-0.4, -0.2) is 57.7 Å². The van der Waals surface area contributed by atoms with Crippen molar-refractivity contribution in [3.8, 4) is 0 Å². The summed E-state index contributed by atoms with van der Waals surface area (Å²) in [5.74, 6) is -1.10.